The largest absolute Gasteiger partial charge is 0.352 e. The third-order valence-electron chi connectivity index (χ3n) is 2.52. The number of carbonyl (C=O) groups excluding carboxylic acids is 1. The minimum absolute atomic E-state index is 0.178. The molecule has 0 spiro atoms. The molecular formula is C11H21NOS. The second kappa shape index (κ2) is 4.56. The summed E-state index contributed by atoms with van der Waals surface area (Å²) < 4.78 is 0. The van der Waals surface area contributed by atoms with E-state index in [4.69, 9.17) is 0 Å². The van der Waals surface area contributed by atoms with Gasteiger partial charge in [-0.05, 0) is 12.8 Å². The lowest BCUT2D eigenvalue weighted by molar-refractivity contribution is -0.129. The van der Waals surface area contributed by atoms with Crippen molar-refractivity contribution in [2.24, 2.45) is 5.41 Å². The lowest BCUT2D eigenvalue weighted by Gasteiger charge is -2.29. The third-order valence-corrected chi connectivity index (χ3v) is 3.92. The molecular weight excluding hydrogens is 194 g/mol. The topological polar surface area (TPSA) is 29.1 Å². The van der Waals surface area contributed by atoms with Crippen LogP contribution in [0.5, 0.6) is 0 Å². The summed E-state index contributed by atoms with van der Waals surface area (Å²) in [5, 5.41) is 3.88. The fourth-order valence-corrected chi connectivity index (χ4v) is 2.51. The first-order valence-electron chi connectivity index (χ1n) is 5.32. The average Bonchev–Trinajstić information content (AvgIpc) is 2.07. The van der Waals surface area contributed by atoms with Crippen LogP contribution in [0.15, 0.2) is 0 Å². The first kappa shape index (κ1) is 11.9. The van der Waals surface area contributed by atoms with Gasteiger partial charge in [0.2, 0.25) is 5.91 Å². The molecule has 0 aromatic carbocycles. The maximum absolute atomic E-state index is 11.7. The Morgan fingerprint density at radius 2 is 2.00 bits per heavy atom. The van der Waals surface area contributed by atoms with Crippen molar-refractivity contribution in [3.8, 4) is 0 Å². The van der Waals surface area contributed by atoms with Crippen molar-refractivity contribution in [3.63, 3.8) is 0 Å². The van der Waals surface area contributed by atoms with E-state index < -0.39 is 0 Å². The minimum atomic E-state index is -0.256. The van der Waals surface area contributed by atoms with Crippen molar-refractivity contribution >= 4 is 17.7 Å². The highest BCUT2D eigenvalue weighted by molar-refractivity contribution is 7.99. The average molecular weight is 215 g/mol. The molecule has 0 bridgehead atoms. The SMILES string of the molecule is CC1CCC(NC(=O)C(C)(C)C)CS1. The Kier molecular flexibility index (Phi) is 3.87. The lowest BCUT2D eigenvalue weighted by Crippen LogP contribution is -2.44. The number of hydrogen-bond donors (Lipinski definition) is 1. The van der Waals surface area contributed by atoms with Gasteiger partial charge in [-0.1, -0.05) is 27.7 Å². The molecule has 1 aliphatic rings. The summed E-state index contributed by atoms with van der Waals surface area (Å²) in [6, 6.07) is 0.392. The first-order valence-corrected chi connectivity index (χ1v) is 6.37. The van der Waals surface area contributed by atoms with Crippen LogP contribution in [-0.4, -0.2) is 23.0 Å². The van der Waals surface area contributed by atoms with E-state index in [0.717, 1.165) is 17.4 Å². The number of carbonyl (C=O) groups is 1. The highest BCUT2D eigenvalue weighted by Crippen LogP contribution is 2.25. The van der Waals surface area contributed by atoms with Crippen LogP contribution in [0.4, 0.5) is 0 Å². The Bertz CT molecular complexity index is 202. The van der Waals surface area contributed by atoms with Crippen LogP contribution in [0.2, 0.25) is 0 Å². The van der Waals surface area contributed by atoms with E-state index in [1.54, 1.807) is 0 Å². The predicted octanol–water partition coefficient (Wildman–Crippen LogP) is 2.43. The van der Waals surface area contributed by atoms with Crippen LogP contribution in [0, 0.1) is 5.41 Å². The lowest BCUT2D eigenvalue weighted by atomic mass is 9.95. The van der Waals surface area contributed by atoms with E-state index >= 15 is 0 Å². The normalized spacial score (nSPS) is 28.6. The van der Waals surface area contributed by atoms with E-state index in [1.807, 2.05) is 32.5 Å². The number of thioether (sulfide) groups is 1. The van der Waals surface area contributed by atoms with Crippen molar-refractivity contribution in [1.82, 2.24) is 5.32 Å². The maximum atomic E-state index is 11.7. The van der Waals surface area contributed by atoms with Gasteiger partial charge in [-0.15, -0.1) is 0 Å². The molecule has 0 saturated carbocycles. The molecule has 1 heterocycles. The van der Waals surface area contributed by atoms with E-state index in [2.05, 4.69) is 12.2 Å². The highest BCUT2D eigenvalue weighted by atomic mass is 32.2. The molecule has 2 atom stereocenters. The number of nitrogens with one attached hydrogen (secondary N) is 1. The van der Waals surface area contributed by atoms with Crippen LogP contribution < -0.4 is 5.32 Å². The molecule has 2 unspecified atom stereocenters. The summed E-state index contributed by atoms with van der Waals surface area (Å²) in [6.45, 7) is 8.13. The van der Waals surface area contributed by atoms with Gasteiger partial charge in [0.15, 0.2) is 0 Å². The first-order chi connectivity index (χ1) is 6.39. The minimum Gasteiger partial charge on any atom is -0.352 e. The molecule has 1 rings (SSSR count). The van der Waals surface area contributed by atoms with E-state index in [9.17, 15) is 4.79 Å². The maximum Gasteiger partial charge on any atom is 0.225 e. The zero-order chi connectivity index (χ0) is 10.8. The molecule has 82 valence electrons. The molecule has 1 saturated heterocycles. The second-order valence-electron chi connectivity index (χ2n) is 5.14. The van der Waals surface area contributed by atoms with Crippen molar-refractivity contribution in [2.75, 3.05) is 5.75 Å². The van der Waals surface area contributed by atoms with Gasteiger partial charge in [-0.3, -0.25) is 4.79 Å². The fourth-order valence-electron chi connectivity index (χ4n) is 1.40. The standard InChI is InChI=1S/C11H21NOS/c1-8-5-6-9(7-14-8)12-10(13)11(2,3)4/h8-9H,5-7H2,1-4H3,(H,12,13). The van der Waals surface area contributed by atoms with E-state index in [-0.39, 0.29) is 11.3 Å². The van der Waals surface area contributed by atoms with Gasteiger partial charge in [0.05, 0.1) is 0 Å². The number of rotatable bonds is 1. The molecule has 14 heavy (non-hydrogen) atoms. The molecule has 2 nitrogen and oxygen atoms in total. The van der Waals surface area contributed by atoms with Crippen molar-refractivity contribution in [1.29, 1.82) is 0 Å². The molecule has 1 N–H and O–H groups in total. The van der Waals surface area contributed by atoms with Crippen LogP contribution in [0.25, 0.3) is 0 Å². The fraction of sp³-hybridized carbons (Fsp3) is 0.909. The van der Waals surface area contributed by atoms with Crippen LogP contribution in [0.3, 0.4) is 0 Å². The summed E-state index contributed by atoms with van der Waals surface area (Å²) in [5.74, 6) is 1.25. The summed E-state index contributed by atoms with van der Waals surface area (Å²) >= 11 is 1.96. The second-order valence-corrected chi connectivity index (χ2v) is 6.61. The molecule has 0 aromatic rings. The van der Waals surface area contributed by atoms with E-state index in [0.29, 0.717) is 6.04 Å². The summed E-state index contributed by atoms with van der Waals surface area (Å²) in [5.41, 5.74) is -0.256. The van der Waals surface area contributed by atoms with Gasteiger partial charge in [-0.2, -0.15) is 11.8 Å². The van der Waals surface area contributed by atoms with Gasteiger partial charge in [0.1, 0.15) is 0 Å². The monoisotopic (exact) mass is 215 g/mol. The molecule has 0 aromatic heterocycles. The van der Waals surface area contributed by atoms with Crippen molar-refractivity contribution in [2.45, 2.75) is 51.8 Å². The Labute approximate surface area is 91.2 Å². The molecule has 0 aliphatic carbocycles. The van der Waals surface area contributed by atoms with Gasteiger partial charge in [0, 0.05) is 22.5 Å². The Hall–Kier alpha value is -0.180. The van der Waals surface area contributed by atoms with Gasteiger partial charge in [-0.25, -0.2) is 0 Å². The van der Waals surface area contributed by atoms with Crippen LogP contribution in [0.1, 0.15) is 40.5 Å². The zero-order valence-corrected chi connectivity index (χ0v) is 10.4. The predicted molar refractivity (Wildman–Crippen MR) is 62.5 cm³/mol. The summed E-state index contributed by atoms with van der Waals surface area (Å²) in [6.07, 6.45) is 2.36. The molecule has 1 amide bonds. The van der Waals surface area contributed by atoms with Crippen molar-refractivity contribution < 1.29 is 4.79 Å². The van der Waals surface area contributed by atoms with Gasteiger partial charge in [0.25, 0.3) is 0 Å². The Balaban J connectivity index is 2.35. The number of hydrogen-bond acceptors (Lipinski definition) is 2. The smallest absolute Gasteiger partial charge is 0.225 e. The van der Waals surface area contributed by atoms with Crippen molar-refractivity contribution in [3.05, 3.63) is 0 Å². The van der Waals surface area contributed by atoms with E-state index in [1.165, 1.54) is 6.42 Å². The molecule has 3 heteroatoms. The Morgan fingerprint density at radius 1 is 1.36 bits per heavy atom. The quantitative estimate of drug-likeness (QED) is 0.728. The van der Waals surface area contributed by atoms with Crippen LogP contribution >= 0.6 is 11.8 Å². The van der Waals surface area contributed by atoms with Gasteiger partial charge < -0.3 is 5.32 Å². The molecule has 0 radical (unpaired) electrons. The highest BCUT2D eigenvalue weighted by Gasteiger charge is 2.26. The summed E-state index contributed by atoms with van der Waals surface area (Å²) in [7, 11) is 0. The summed E-state index contributed by atoms with van der Waals surface area (Å²) in [4.78, 5) is 11.7. The third kappa shape index (κ3) is 3.52. The zero-order valence-electron chi connectivity index (χ0n) is 9.59. The molecule has 1 fully saturated rings. The molecule has 1 aliphatic heterocycles. The number of amides is 1. The van der Waals surface area contributed by atoms with Crippen LogP contribution in [-0.2, 0) is 4.79 Å². The van der Waals surface area contributed by atoms with Gasteiger partial charge >= 0.3 is 0 Å². The Morgan fingerprint density at radius 3 is 2.43 bits per heavy atom.